The lowest BCUT2D eigenvalue weighted by Gasteiger charge is -2.34. The van der Waals surface area contributed by atoms with Crippen molar-refractivity contribution in [1.82, 2.24) is 87.6 Å². The summed E-state index contributed by atoms with van der Waals surface area (Å²) in [5.74, 6) is -1.17. The van der Waals surface area contributed by atoms with E-state index in [9.17, 15) is 71.4 Å². The zero-order valence-corrected chi connectivity index (χ0v) is 61.5. The first-order valence-corrected chi connectivity index (χ1v) is 39.9. The number of H-pyrrole nitrogens is 3. The molecule has 0 amide bonds. The fourth-order valence-electron chi connectivity index (χ4n) is 13.2. The molecule has 608 valence electrons. The van der Waals surface area contributed by atoms with Crippen LogP contribution in [0.25, 0.3) is 44.7 Å². The third-order valence-corrected chi connectivity index (χ3v) is 22.4. The number of hydrogen-bond donors (Lipinski definition) is 8. The number of rotatable bonds is 30. The molecule has 0 spiro atoms. The molecule has 14 heterocycles. The number of hydrogen-bond acceptors (Lipinski definition) is 44. The Bertz CT molecular complexity index is 5540. The molecule has 5 aliphatic rings. The van der Waals surface area contributed by atoms with Gasteiger partial charge in [-0.15, -0.1) is 0 Å². The zero-order chi connectivity index (χ0) is 80.0. The number of fused-ring (bicyclic) bond motifs is 4. The van der Waals surface area contributed by atoms with Crippen LogP contribution in [-0.4, -0.2) is 219 Å². The van der Waals surface area contributed by atoms with E-state index in [4.69, 9.17) is 92.3 Å². The highest BCUT2D eigenvalue weighted by Crippen LogP contribution is 2.54. The van der Waals surface area contributed by atoms with Gasteiger partial charge in [0.05, 0.1) is 63.9 Å². The van der Waals surface area contributed by atoms with Gasteiger partial charge in [0.2, 0.25) is 11.9 Å². The first-order valence-electron chi connectivity index (χ1n) is 32.5. The molecule has 0 aromatic carbocycles. The molecule has 0 saturated carbocycles. The average molecular weight is 1680 g/mol. The number of aromatic nitrogens is 18. The summed E-state index contributed by atoms with van der Waals surface area (Å²) in [6.07, 6.45) is -30.8. The molecule has 0 radical (unpaired) electrons. The van der Waals surface area contributed by atoms with E-state index in [0.717, 1.165) is 71.8 Å². The van der Waals surface area contributed by atoms with Gasteiger partial charge in [-0.3, -0.25) is 75.0 Å². The van der Waals surface area contributed by atoms with Crippen molar-refractivity contribution in [3.8, 4) is 0 Å². The standard InChI is InChI=1S/C52H65F2N22O31P5/c1-4-18-19(7-25(98-18)73-14-65-30-42(73)68-50(57)70-44(30)78)103-109(84,85)94-10-22-34(36(92-2)48(101-22)72-6-5-24(77)67-52(72)80)106-112(90,91)96-9-21-33(27(54)47(100-21)76-17-66-31-43(76)69-51(58)71-45(31)79)105-110(86,87)97-11-23-35(37(93-3)49(102-23)75-16-64-29-39(56)60-13-62-41(29)75)107-111(88,89)95-8-20-32(104-108(81,82)83)26(53)46(99-20)74-15-63-28-38(55)59-12-61-40(28)74/h5-6,12-23,25-27,32-37,46-49H,4,7-11H2,1-3H3,(H,84,85)(H,86,87)(H,88,89)(H,90,91)(H2,55,59,61)(H2,56,60,62)(H,67,77,80)(H2,81,82,83)(H3,57,68,70,78)(H3,58,69,71,79)/p-5/t18-,19?,20-,21-,22-,23-,25-,26+,27+,32?,33?,34?,35?,36+,37+,46-,47-,48-,49-/m1/s1. The first kappa shape index (κ1) is 80.4. The predicted octanol–water partition coefficient (Wildman–Crippen LogP) is -4.87. The largest absolute Gasteiger partial charge is 0.756 e. The molecule has 0 aliphatic carbocycles. The number of nitrogens with one attached hydrogen (secondary N) is 3. The van der Waals surface area contributed by atoms with Crippen LogP contribution in [0.2, 0.25) is 0 Å². The molecule has 53 nitrogen and oxygen atoms in total. The molecule has 9 aromatic rings. The first-order chi connectivity index (χ1) is 53.0. The zero-order valence-electron chi connectivity index (χ0n) is 57.0. The molecule has 0 bridgehead atoms. The third-order valence-electron chi connectivity index (χ3n) is 18.0. The maximum Gasteiger partial charge on any atom is 0.330 e. The highest BCUT2D eigenvalue weighted by atomic mass is 31.2. The SMILES string of the molecule is CC[C@H]1O[C@@H](n2cnc3c(=O)[nH]c(N)nc32)CC1OP(=O)([O-])OC[C@H]1O[C@@H](n2ccc(=O)[nH]c2=O)[C@@H](OC)C1OP(=O)([O-])OC[C@H]1O[C@@H](n2cnc3c(=O)[nH]c(N)nc32)[C@@H](F)C1OP(=O)([O-])OC[C@H]1O[C@@H](n2cnc3c(N)ncnc32)[C@@H](OC)C1OP(=O)([O-])OC[C@H]1O[C@@H](n2cnc3c(N)ncnc32)[C@@H](F)C1OP(=O)([O-])O. The van der Waals surface area contributed by atoms with Gasteiger partial charge in [0.25, 0.3) is 55.8 Å². The van der Waals surface area contributed by atoms with Crippen molar-refractivity contribution in [2.24, 2.45) is 0 Å². The van der Waals surface area contributed by atoms with Gasteiger partial charge in [-0.25, -0.2) is 53.4 Å². The maximum atomic E-state index is 17.5. The van der Waals surface area contributed by atoms with E-state index in [1.807, 2.05) is 4.98 Å². The second-order valence-electron chi connectivity index (χ2n) is 24.9. The molecule has 14 rings (SSSR count). The van der Waals surface area contributed by atoms with Crippen molar-refractivity contribution in [2.45, 2.75) is 136 Å². The van der Waals surface area contributed by atoms with Crippen LogP contribution in [0.3, 0.4) is 0 Å². The van der Waals surface area contributed by atoms with E-state index in [-0.39, 0.29) is 63.9 Å². The van der Waals surface area contributed by atoms with Gasteiger partial charge in [0.15, 0.2) is 82.5 Å². The Balaban J connectivity index is 0.707. The second-order valence-corrected chi connectivity index (χ2v) is 31.5. The van der Waals surface area contributed by atoms with E-state index in [1.54, 1.807) is 6.92 Å². The lowest BCUT2D eigenvalue weighted by atomic mass is 10.1. The molecule has 5 aliphatic heterocycles. The minimum atomic E-state index is -6.26. The number of phosphoric ester groups is 5. The molecule has 60 heteroatoms. The monoisotopic (exact) mass is 1680 g/mol. The average Bonchev–Trinajstić information content (AvgIpc) is 1.62. The summed E-state index contributed by atoms with van der Waals surface area (Å²) in [4.78, 5) is 176. The minimum Gasteiger partial charge on any atom is -0.756 e. The summed E-state index contributed by atoms with van der Waals surface area (Å²) >= 11 is 0. The normalized spacial score (nSPS) is 31.0. The third kappa shape index (κ3) is 16.3. The number of aromatic amines is 3. The van der Waals surface area contributed by atoms with E-state index in [0.29, 0.717) is 4.57 Å². The molecular weight excluding hydrogens is 1620 g/mol. The number of ether oxygens (including phenoxy) is 7. The van der Waals surface area contributed by atoms with Crippen molar-refractivity contribution in [3.05, 3.63) is 91.8 Å². The number of alkyl halides is 2. The summed E-state index contributed by atoms with van der Waals surface area (Å²) in [5.41, 5.74) is 18.2. The molecule has 12 N–H and O–H groups in total. The number of halogens is 2. The van der Waals surface area contributed by atoms with Gasteiger partial charge in [0.1, 0.15) is 91.0 Å². The molecule has 5 saturated heterocycles. The number of phosphoric acid groups is 5. The highest BCUT2D eigenvalue weighted by Gasteiger charge is 2.55. The minimum absolute atomic E-state index is 0.0151. The van der Waals surface area contributed by atoms with E-state index in [1.165, 1.54) is 10.9 Å². The summed E-state index contributed by atoms with van der Waals surface area (Å²) < 4.78 is 196. The fraction of sp³-hybridized carbons (Fsp3) is 0.538. The van der Waals surface area contributed by atoms with Crippen LogP contribution in [0.1, 0.15) is 50.9 Å². The van der Waals surface area contributed by atoms with Gasteiger partial charge in [-0.1, -0.05) is 6.92 Å². The predicted molar refractivity (Wildman–Crippen MR) is 350 cm³/mol. The van der Waals surface area contributed by atoms with Gasteiger partial charge in [-0.2, -0.15) is 9.97 Å². The maximum absolute atomic E-state index is 17.5. The number of imidazole rings is 4. The van der Waals surface area contributed by atoms with Crippen LogP contribution in [0.5, 0.6) is 0 Å². The van der Waals surface area contributed by atoms with E-state index < -0.39 is 222 Å². The van der Waals surface area contributed by atoms with Crippen LogP contribution in [-0.2, 0) is 96.7 Å². The van der Waals surface area contributed by atoms with Crippen molar-refractivity contribution in [1.29, 1.82) is 0 Å². The Morgan fingerprint density at radius 2 is 0.884 bits per heavy atom. The van der Waals surface area contributed by atoms with Crippen LogP contribution >= 0.6 is 39.1 Å². The Morgan fingerprint density at radius 1 is 0.491 bits per heavy atom. The molecule has 9 aromatic heterocycles. The Morgan fingerprint density at radius 3 is 1.34 bits per heavy atom. The molecule has 24 atom stereocenters. The van der Waals surface area contributed by atoms with E-state index in [2.05, 4.69) is 64.3 Å². The van der Waals surface area contributed by atoms with Gasteiger partial charge in [-0.05, 0) is 6.42 Å². The summed E-state index contributed by atoms with van der Waals surface area (Å²) in [5, 5.41) is 0. The van der Waals surface area contributed by atoms with Crippen molar-refractivity contribution >= 4 is 107 Å². The van der Waals surface area contributed by atoms with Gasteiger partial charge < -0.3 is 126 Å². The van der Waals surface area contributed by atoms with E-state index >= 15 is 8.78 Å². The Hall–Kier alpha value is -8.19. The van der Waals surface area contributed by atoms with Crippen LogP contribution in [0.4, 0.5) is 32.3 Å². The lowest BCUT2D eigenvalue weighted by Crippen LogP contribution is -2.41. The number of methoxy groups -OCH3 is 2. The number of nitrogens with two attached hydrogens (primary N) is 4. The van der Waals surface area contributed by atoms with Crippen LogP contribution in [0, 0.1) is 0 Å². The topological polar surface area (TPSA) is 742 Å². The Kier molecular flexibility index (Phi) is 22.4. The molecule has 10 unspecified atom stereocenters. The number of anilines is 4. The quantitative estimate of drug-likeness (QED) is 0.0196. The van der Waals surface area contributed by atoms with Crippen molar-refractivity contribution in [2.75, 3.05) is 63.6 Å². The summed E-state index contributed by atoms with van der Waals surface area (Å²) in [6, 6.07) is 0.854. The van der Waals surface area contributed by atoms with Crippen molar-refractivity contribution in [3.63, 3.8) is 0 Å². The Labute approximate surface area is 619 Å². The van der Waals surface area contributed by atoms with Gasteiger partial charge in [0, 0.05) is 32.9 Å². The summed E-state index contributed by atoms with van der Waals surface area (Å²) in [6.45, 7) is -3.88. The number of nitrogens with zero attached hydrogens (tertiary/aromatic N) is 15. The van der Waals surface area contributed by atoms with Gasteiger partial charge >= 0.3 is 5.69 Å². The fourth-order valence-corrected chi connectivity index (χ4v) is 17.5. The van der Waals surface area contributed by atoms with Crippen molar-refractivity contribution < 1.29 is 135 Å². The van der Waals surface area contributed by atoms with Crippen LogP contribution in [0.15, 0.2) is 69.4 Å². The lowest BCUT2D eigenvalue weighted by molar-refractivity contribution is -0.240. The second kappa shape index (κ2) is 31.2. The molecular formula is C52H60F2N22O31P5-5. The highest BCUT2D eigenvalue weighted by molar-refractivity contribution is 7.46. The summed E-state index contributed by atoms with van der Waals surface area (Å²) in [7, 11) is -27.9. The molecule has 112 heavy (non-hydrogen) atoms. The molecule has 5 fully saturated rings. The smallest absolute Gasteiger partial charge is 0.330 e. The van der Waals surface area contributed by atoms with Crippen LogP contribution < -0.4 is 69.8 Å². The number of nitrogen functional groups attached to an aromatic ring is 4.